The standard InChI is InChI=1S/C14H19BrN2O2/c1-2-19-11-5-7-17(8-6-11)14(18)12-9-10(15)3-4-13(12)16/h3-4,9,11H,2,5-8,16H2,1H3. The van der Waals surface area contributed by atoms with Crippen molar-refractivity contribution in [2.75, 3.05) is 25.4 Å². The lowest BCUT2D eigenvalue weighted by Crippen LogP contribution is -2.41. The number of halogens is 1. The molecule has 0 aliphatic carbocycles. The molecule has 1 heterocycles. The molecule has 1 aliphatic heterocycles. The number of rotatable bonds is 3. The van der Waals surface area contributed by atoms with Gasteiger partial charge < -0.3 is 15.4 Å². The molecule has 2 N–H and O–H groups in total. The Bertz CT molecular complexity index is 457. The second-order valence-corrected chi connectivity index (χ2v) is 5.59. The lowest BCUT2D eigenvalue weighted by Gasteiger charge is -2.32. The van der Waals surface area contributed by atoms with Gasteiger partial charge in [0, 0.05) is 29.9 Å². The number of ether oxygens (including phenoxy) is 1. The topological polar surface area (TPSA) is 55.6 Å². The molecule has 0 spiro atoms. The number of nitrogen functional groups attached to an aromatic ring is 1. The van der Waals surface area contributed by atoms with E-state index in [1.54, 1.807) is 12.1 Å². The van der Waals surface area contributed by atoms with Crippen molar-refractivity contribution in [3.63, 3.8) is 0 Å². The molecule has 0 atom stereocenters. The number of nitrogens with two attached hydrogens (primary N) is 1. The van der Waals surface area contributed by atoms with E-state index in [0.717, 1.165) is 37.0 Å². The van der Waals surface area contributed by atoms with Crippen molar-refractivity contribution in [3.05, 3.63) is 28.2 Å². The van der Waals surface area contributed by atoms with E-state index >= 15 is 0 Å². The summed E-state index contributed by atoms with van der Waals surface area (Å²) in [5.74, 6) is 0.00810. The van der Waals surface area contributed by atoms with Gasteiger partial charge in [-0.2, -0.15) is 0 Å². The number of carbonyl (C=O) groups excluding carboxylic acids is 1. The van der Waals surface area contributed by atoms with Gasteiger partial charge in [0.25, 0.3) is 5.91 Å². The molecular formula is C14H19BrN2O2. The minimum Gasteiger partial charge on any atom is -0.398 e. The minimum atomic E-state index is 0.00810. The van der Waals surface area contributed by atoms with E-state index in [1.807, 2.05) is 17.9 Å². The summed E-state index contributed by atoms with van der Waals surface area (Å²) >= 11 is 3.37. The Morgan fingerprint density at radius 2 is 2.16 bits per heavy atom. The van der Waals surface area contributed by atoms with Crippen LogP contribution in [-0.4, -0.2) is 36.6 Å². The van der Waals surface area contributed by atoms with Crippen LogP contribution >= 0.6 is 15.9 Å². The summed E-state index contributed by atoms with van der Waals surface area (Å²) in [4.78, 5) is 14.3. The van der Waals surface area contributed by atoms with Crippen LogP contribution < -0.4 is 5.73 Å². The Labute approximate surface area is 122 Å². The minimum absolute atomic E-state index is 0.00810. The summed E-state index contributed by atoms with van der Waals surface area (Å²) in [6, 6.07) is 5.38. The zero-order chi connectivity index (χ0) is 13.8. The number of amides is 1. The Hall–Kier alpha value is -1.07. The van der Waals surface area contributed by atoms with Crippen LogP contribution in [0.1, 0.15) is 30.1 Å². The summed E-state index contributed by atoms with van der Waals surface area (Å²) in [7, 11) is 0. The zero-order valence-corrected chi connectivity index (χ0v) is 12.6. The van der Waals surface area contributed by atoms with Gasteiger partial charge in [0.15, 0.2) is 0 Å². The third-order valence-electron chi connectivity index (χ3n) is 3.38. The van der Waals surface area contributed by atoms with Gasteiger partial charge in [-0.05, 0) is 38.0 Å². The maximum Gasteiger partial charge on any atom is 0.255 e. The van der Waals surface area contributed by atoms with Crippen LogP contribution in [0.25, 0.3) is 0 Å². The van der Waals surface area contributed by atoms with E-state index in [4.69, 9.17) is 10.5 Å². The fourth-order valence-corrected chi connectivity index (χ4v) is 2.71. The molecule has 1 aromatic carbocycles. The molecule has 19 heavy (non-hydrogen) atoms. The summed E-state index contributed by atoms with van der Waals surface area (Å²) in [6.45, 7) is 4.20. The molecule has 2 rings (SSSR count). The van der Waals surface area contributed by atoms with Gasteiger partial charge >= 0.3 is 0 Å². The Morgan fingerprint density at radius 3 is 2.79 bits per heavy atom. The SMILES string of the molecule is CCOC1CCN(C(=O)c2cc(Br)ccc2N)CC1. The molecule has 1 amide bonds. The van der Waals surface area contributed by atoms with Crippen molar-refractivity contribution in [1.82, 2.24) is 4.90 Å². The highest BCUT2D eigenvalue weighted by Gasteiger charge is 2.24. The van der Waals surface area contributed by atoms with Crippen LogP contribution in [0.5, 0.6) is 0 Å². The van der Waals surface area contributed by atoms with Crippen molar-refractivity contribution >= 4 is 27.5 Å². The van der Waals surface area contributed by atoms with Gasteiger partial charge in [-0.3, -0.25) is 4.79 Å². The lowest BCUT2D eigenvalue weighted by molar-refractivity contribution is 0.0146. The van der Waals surface area contributed by atoms with E-state index in [-0.39, 0.29) is 12.0 Å². The average molecular weight is 327 g/mol. The van der Waals surface area contributed by atoms with Crippen molar-refractivity contribution in [1.29, 1.82) is 0 Å². The predicted octanol–water partition coefficient (Wildman–Crippen LogP) is 2.67. The monoisotopic (exact) mass is 326 g/mol. The second-order valence-electron chi connectivity index (χ2n) is 4.68. The number of benzene rings is 1. The first-order chi connectivity index (χ1) is 9.11. The highest BCUT2D eigenvalue weighted by molar-refractivity contribution is 9.10. The van der Waals surface area contributed by atoms with Gasteiger partial charge in [-0.15, -0.1) is 0 Å². The van der Waals surface area contributed by atoms with Crippen LogP contribution in [0.4, 0.5) is 5.69 Å². The fourth-order valence-electron chi connectivity index (χ4n) is 2.35. The number of likely N-dealkylation sites (tertiary alicyclic amines) is 1. The number of nitrogens with zero attached hydrogens (tertiary/aromatic N) is 1. The summed E-state index contributed by atoms with van der Waals surface area (Å²) < 4.78 is 6.46. The molecule has 0 saturated carbocycles. The molecule has 104 valence electrons. The Balaban J connectivity index is 2.03. The molecule has 1 saturated heterocycles. The lowest BCUT2D eigenvalue weighted by atomic mass is 10.1. The number of anilines is 1. The third-order valence-corrected chi connectivity index (χ3v) is 3.87. The number of carbonyl (C=O) groups is 1. The molecule has 4 nitrogen and oxygen atoms in total. The second kappa shape index (κ2) is 6.39. The van der Waals surface area contributed by atoms with Gasteiger partial charge in [-0.1, -0.05) is 15.9 Å². The van der Waals surface area contributed by atoms with Crippen molar-refractivity contribution in [3.8, 4) is 0 Å². The van der Waals surface area contributed by atoms with Crippen LogP contribution in [0.15, 0.2) is 22.7 Å². The van der Waals surface area contributed by atoms with Crippen LogP contribution in [0, 0.1) is 0 Å². The van der Waals surface area contributed by atoms with Gasteiger partial charge in [0.1, 0.15) is 0 Å². The number of hydrogen-bond donors (Lipinski definition) is 1. The predicted molar refractivity (Wildman–Crippen MR) is 79.1 cm³/mol. The molecular weight excluding hydrogens is 308 g/mol. The average Bonchev–Trinajstić information content (AvgIpc) is 2.42. The summed E-state index contributed by atoms with van der Waals surface area (Å²) in [5.41, 5.74) is 6.98. The first-order valence-corrected chi connectivity index (χ1v) is 7.37. The van der Waals surface area contributed by atoms with Gasteiger partial charge in [-0.25, -0.2) is 0 Å². The van der Waals surface area contributed by atoms with E-state index in [2.05, 4.69) is 15.9 Å². The van der Waals surface area contributed by atoms with Crippen LogP contribution in [0.3, 0.4) is 0 Å². The highest BCUT2D eigenvalue weighted by Crippen LogP contribution is 2.22. The fraction of sp³-hybridized carbons (Fsp3) is 0.500. The van der Waals surface area contributed by atoms with Crippen LogP contribution in [0.2, 0.25) is 0 Å². The number of piperidine rings is 1. The maximum absolute atomic E-state index is 12.4. The van der Waals surface area contributed by atoms with E-state index in [0.29, 0.717) is 11.3 Å². The molecule has 0 unspecified atom stereocenters. The van der Waals surface area contributed by atoms with E-state index in [1.165, 1.54) is 0 Å². The first-order valence-electron chi connectivity index (χ1n) is 6.57. The Morgan fingerprint density at radius 1 is 1.47 bits per heavy atom. The normalized spacial score (nSPS) is 16.6. The quantitative estimate of drug-likeness (QED) is 0.869. The summed E-state index contributed by atoms with van der Waals surface area (Å²) in [6.07, 6.45) is 2.08. The smallest absolute Gasteiger partial charge is 0.255 e. The van der Waals surface area contributed by atoms with E-state index < -0.39 is 0 Å². The Kier molecular flexibility index (Phi) is 4.82. The van der Waals surface area contributed by atoms with Crippen LogP contribution in [-0.2, 0) is 4.74 Å². The van der Waals surface area contributed by atoms with Gasteiger partial charge in [0.2, 0.25) is 0 Å². The molecule has 5 heteroatoms. The highest BCUT2D eigenvalue weighted by atomic mass is 79.9. The molecule has 1 fully saturated rings. The molecule has 0 aromatic heterocycles. The summed E-state index contributed by atoms with van der Waals surface area (Å²) in [5, 5.41) is 0. The molecule has 0 radical (unpaired) electrons. The van der Waals surface area contributed by atoms with Gasteiger partial charge in [0.05, 0.1) is 11.7 Å². The zero-order valence-electron chi connectivity index (χ0n) is 11.1. The van der Waals surface area contributed by atoms with E-state index in [9.17, 15) is 4.79 Å². The maximum atomic E-state index is 12.4. The van der Waals surface area contributed by atoms with Crippen molar-refractivity contribution < 1.29 is 9.53 Å². The molecule has 1 aromatic rings. The first kappa shape index (κ1) is 14.3. The van der Waals surface area contributed by atoms with Crippen molar-refractivity contribution in [2.24, 2.45) is 0 Å². The largest absolute Gasteiger partial charge is 0.398 e. The molecule has 1 aliphatic rings. The van der Waals surface area contributed by atoms with Crippen molar-refractivity contribution in [2.45, 2.75) is 25.9 Å². The third kappa shape index (κ3) is 3.48. The molecule has 0 bridgehead atoms. The number of hydrogen-bond acceptors (Lipinski definition) is 3.